The number of alkyl halides is 4. The minimum atomic E-state index is -1.99. The zero-order valence-corrected chi connectivity index (χ0v) is 22.7. The predicted octanol–water partition coefficient (Wildman–Crippen LogP) is 6.51. The molecule has 2 aromatic carbocycles. The molecule has 1 N–H and O–H groups in total. The second-order valence-electron chi connectivity index (χ2n) is 8.97. The Morgan fingerprint density at radius 2 is 1.29 bits per heavy atom. The van der Waals surface area contributed by atoms with E-state index in [0.717, 1.165) is 16.0 Å². The van der Waals surface area contributed by atoms with Crippen LogP contribution in [-0.4, -0.2) is 31.8 Å². The lowest BCUT2D eigenvalue weighted by molar-refractivity contribution is -0.123. The molecule has 0 unspecified atom stereocenters. The number of carbonyl (C=O) groups is 3. The summed E-state index contributed by atoms with van der Waals surface area (Å²) in [5, 5.41) is 2.54. The molecule has 3 aliphatic rings. The van der Waals surface area contributed by atoms with Crippen LogP contribution in [0.1, 0.15) is 21.5 Å². The molecule has 2 fully saturated rings. The number of benzene rings is 2. The van der Waals surface area contributed by atoms with Crippen molar-refractivity contribution in [3.63, 3.8) is 0 Å². The van der Waals surface area contributed by atoms with Gasteiger partial charge in [0, 0.05) is 11.3 Å². The van der Waals surface area contributed by atoms with E-state index in [1.165, 1.54) is 24.3 Å². The van der Waals surface area contributed by atoms with Gasteiger partial charge in [-0.15, -0.1) is 23.2 Å². The van der Waals surface area contributed by atoms with E-state index in [-0.39, 0.29) is 21.7 Å². The molecule has 5 nitrogen and oxygen atoms in total. The van der Waals surface area contributed by atoms with E-state index in [4.69, 9.17) is 69.6 Å². The van der Waals surface area contributed by atoms with Gasteiger partial charge in [-0.1, -0.05) is 52.5 Å². The Morgan fingerprint density at radius 1 is 0.829 bits per heavy atom. The van der Waals surface area contributed by atoms with E-state index >= 15 is 0 Å². The first-order valence-electron chi connectivity index (χ1n) is 10.5. The third-order valence-corrected chi connectivity index (χ3v) is 11.0. The molecule has 1 saturated heterocycles. The highest BCUT2D eigenvalue weighted by atomic mass is 35.5. The van der Waals surface area contributed by atoms with Gasteiger partial charge in [-0.2, -0.15) is 0 Å². The quantitative estimate of drug-likeness (QED) is 0.326. The normalized spacial score (nSPS) is 30.8. The van der Waals surface area contributed by atoms with Crippen LogP contribution in [0.4, 0.5) is 11.4 Å². The van der Waals surface area contributed by atoms with Crippen LogP contribution in [0.2, 0.25) is 0 Å². The van der Waals surface area contributed by atoms with Gasteiger partial charge in [0.05, 0.1) is 27.6 Å². The number of nitrogens with one attached hydrogen (secondary N) is 1. The molecule has 1 heterocycles. The van der Waals surface area contributed by atoms with Crippen molar-refractivity contribution in [3.05, 3.63) is 69.2 Å². The van der Waals surface area contributed by atoms with Crippen molar-refractivity contribution in [1.29, 1.82) is 0 Å². The second-order valence-corrected chi connectivity index (χ2v) is 12.2. The van der Waals surface area contributed by atoms with Gasteiger partial charge in [-0.3, -0.25) is 14.4 Å². The SMILES string of the molecule is Cc1cc(C)cc(NC(=O)c2ccc(N3C(=O)[C@@H]4[C@@H](C3=O)[C@@]3(Cl)C(Cl)=C(Cl)[C@@]4(Cl)C3(Cl)Cl)cc2)c1. The molecule has 0 spiro atoms. The number of hydrogen-bond acceptors (Lipinski definition) is 3. The topological polar surface area (TPSA) is 66.5 Å². The average molecular weight is 593 g/mol. The van der Waals surface area contributed by atoms with Crippen molar-refractivity contribution < 1.29 is 14.4 Å². The summed E-state index contributed by atoms with van der Waals surface area (Å²) >= 11 is 39.1. The number of amides is 3. The van der Waals surface area contributed by atoms with Gasteiger partial charge in [0.25, 0.3) is 5.91 Å². The van der Waals surface area contributed by atoms with Crippen molar-refractivity contribution in [2.24, 2.45) is 11.8 Å². The van der Waals surface area contributed by atoms with Gasteiger partial charge < -0.3 is 5.32 Å². The third kappa shape index (κ3) is 3.12. The lowest BCUT2D eigenvalue weighted by Gasteiger charge is -2.34. The lowest BCUT2D eigenvalue weighted by Crippen LogP contribution is -2.50. The molecule has 2 aliphatic carbocycles. The number of hydrogen-bond donors (Lipinski definition) is 1. The number of fused-ring (bicyclic) bond motifs is 5. The Morgan fingerprint density at radius 3 is 1.74 bits per heavy atom. The Bertz CT molecular complexity index is 1290. The van der Waals surface area contributed by atoms with Crippen LogP contribution in [0.5, 0.6) is 0 Å². The van der Waals surface area contributed by atoms with E-state index in [1.54, 1.807) is 0 Å². The first-order chi connectivity index (χ1) is 16.3. The molecule has 1 aliphatic heterocycles. The van der Waals surface area contributed by atoms with Crippen molar-refractivity contribution in [2.75, 3.05) is 10.2 Å². The van der Waals surface area contributed by atoms with Crippen molar-refractivity contribution >= 4 is 98.7 Å². The van der Waals surface area contributed by atoms with Crippen LogP contribution in [0.3, 0.4) is 0 Å². The summed E-state index contributed by atoms with van der Waals surface area (Å²) in [6.07, 6.45) is 0. The van der Waals surface area contributed by atoms with Crippen LogP contribution < -0.4 is 10.2 Å². The van der Waals surface area contributed by atoms with Crippen molar-refractivity contribution in [2.45, 2.75) is 27.9 Å². The van der Waals surface area contributed by atoms with Crippen LogP contribution >= 0.6 is 69.6 Å². The fraction of sp³-hybridized carbons (Fsp3) is 0.292. The molecule has 0 radical (unpaired) electrons. The zero-order chi connectivity index (χ0) is 25.7. The largest absolute Gasteiger partial charge is 0.322 e. The van der Waals surface area contributed by atoms with Crippen molar-refractivity contribution in [3.8, 4) is 0 Å². The molecular formula is C24H16Cl6N2O3. The molecule has 5 rings (SSSR count). The molecule has 11 heteroatoms. The summed E-state index contributed by atoms with van der Waals surface area (Å²) in [6.45, 7) is 3.88. The van der Waals surface area contributed by atoms with Gasteiger partial charge in [-0.05, 0) is 61.4 Å². The third-order valence-electron chi connectivity index (χ3n) is 6.78. The summed E-state index contributed by atoms with van der Waals surface area (Å²) in [5.74, 6) is -4.08. The Labute approximate surface area is 231 Å². The number of nitrogens with zero attached hydrogens (tertiary/aromatic N) is 1. The molecule has 3 amide bonds. The number of allylic oxidation sites excluding steroid dienone is 2. The summed E-state index contributed by atoms with van der Waals surface area (Å²) in [4.78, 5) is 36.8. The van der Waals surface area contributed by atoms with Gasteiger partial charge in [0.15, 0.2) is 4.33 Å². The molecule has 35 heavy (non-hydrogen) atoms. The summed E-state index contributed by atoms with van der Waals surface area (Å²) in [7, 11) is 0. The molecule has 182 valence electrons. The standard InChI is InChI=1S/C24H16Cl6N2O3/c1-10-7-11(2)9-13(8-10)31-19(33)12-3-5-14(6-4-12)32-20(34)15-16(21(32)35)23(28)18(26)17(25)22(15,27)24(23,29)30/h3-9,15-16H,1-2H3,(H,31,33)/t15-,16-,22+,23+/m0/s1. The van der Waals surface area contributed by atoms with Gasteiger partial charge in [0.2, 0.25) is 11.8 Å². The molecular weight excluding hydrogens is 577 g/mol. The first kappa shape index (κ1) is 25.2. The highest BCUT2D eigenvalue weighted by Crippen LogP contribution is 2.77. The monoisotopic (exact) mass is 590 g/mol. The maximum absolute atomic E-state index is 13.4. The molecule has 4 atom stereocenters. The maximum Gasteiger partial charge on any atom is 0.255 e. The number of halogens is 6. The second kappa shape index (κ2) is 8.01. The fourth-order valence-electron chi connectivity index (χ4n) is 5.26. The minimum Gasteiger partial charge on any atom is -0.322 e. The number of rotatable bonds is 3. The van der Waals surface area contributed by atoms with E-state index in [0.29, 0.717) is 11.3 Å². The average Bonchev–Trinajstić information content (AvgIpc) is 3.17. The smallest absolute Gasteiger partial charge is 0.255 e. The Kier molecular flexibility index (Phi) is 5.77. The molecule has 1 saturated carbocycles. The lowest BCUT2D eigenvalue weighted by atomic mass is 9.84. The van der Waals surface area contributed by atoms with Crippen LogP contribution in [0.15, 0.2) is 52.5 Å². The summed E-state index contributed by atoms with van der Waals surface area (Å²) in [6, 6.07) is 11.7. The highest BCUT2D eigenvalue weighted by molar-refractivity contribution is 6.67. The van der Waals surface area contributed by atoms with E-state index < -0.39 is 37.7 Å². The Balaban J connectivity index is 1.44. The number of carbonyl (C=O) groups excluding carboxylic acids is 3. The summed E-state index contributed by atoms with van der Waals surface area (Å²) in [5.41, 5.74) is 3.27. The van der Waals surface area contributed by atoms with Crippen molar-refractivity contribution in [1.82, 2.24) is 0 Å². The summed E-state index contributed by atoms with van der Waals surface area (Å²) < 4.78 is -1.99. The molecule has 2 aromatic rings. The number of aryl methyl sites for hydroxylation is 2. The molecule has 0 aromatic heterocycles. The zero-order valence-electron chi connectivity index (χ0n) is 18.1. The van der Waals surface area contributed by atoms with Crippen LogP contribution in [-0.2, 0) is 9.59 Å². The van der Waals surface area contributed by atoms with Gasteiger partial charge >= 0.3 is 0 Å². The van der Waals surface area contributed by atoms with Gasteiger partial charge in [0.1, 0.15) is 9.75 Å². The predicted molar refractivity (Wildman–Crippen MR) is 140 cm³/mol. The van der Waals surface area contributed by atoms with E-state index in [1.807, 2.05) is 32.0 Å². The van der Waals surface area contributed by atoms with E-state index in [2.05, 4.69) is 5.32 Å². The van der Waals surface area contributed by atoms with E-state index in [9.17, 15) is 14.4 Å². The number of imide groups is 1. The maximum atomic E-state index is 13.4. The van der Waals surface area contributed by atoms with Gasteiger partial charge in [-0.25, -0.2) is 4.90 Å². The number of anilines is 2. The minimum absolute atomic E-state index is 0.150. The Hall–Kier alpha value is -1.47. The fourth-order valence-corrected chi connectivity index (χ4v) is 8.19. The van der Waals surface area contributed by atoms with Crippen LogP contribution in [0, 0.1) is 25.7 Å². The van der Waals surface area contributed by atoms with Crippen LogP contribution in [0.25, 0.3) is 0 Å². The first-order valence-corrected chi connectivity index (χ1v) is 12.7. The highest BCUT2D eigenvalue weighted by Gasteiger charge is 2.87. The molecule has 2 bridgehead atoms.